The number of halogens is 1. The quantitative estimate of drug-likeness (QED) is 0.264. The first-order valence-electron chi connectivity index (χ1n) is 11.9. The average molecular weight is 515 g/mol. The largest absolute Gasteiger partial charge is 0.381 e. The number of nitrogens with one attached hydrogen (secondary N) is 2. The molecule has 0 spiro atoms. The second-order valence-corrected chi connectivity index (χ2v) is 9.28. The van der Waals surface area contributed by atoms with Crippen molar-refractivity contribution in [2.24, 2.45) is 0 Å². The van der Waals surface area contributed by atoms with Crippen LogP contribution in [0.3, 0.4) is 0 Å². The van der Waals surface area contributed by atoms with Crippen LogP contribution >= 0.6 is 0 Å². The number of morpholine rings is 1. The summed E-state index contributed by atoms with van der Waals surface area (Å²) in [7, 11) is 0. The summed E-state index contributed by atoms with van der Waals surface area (Å²) in [6, 6.07) is 9.21. The molecule has 2 fully saturated rings. The van der Waals surface area contributed by atoms with Crippen molar-refractivity contribution in [1.82, 2.24) is 15.1 Å². The third-order valence-electron chi connectivity index (χ3n) is 7.09. The van der Waals surface area contributed by atoms with Gasteiger partial charge >= 0.3 is 0 Å². The molecule has 1 atom stereocenters. The molecule has 37 heavy (non-hydrogen) atoms. The Labute approximate surface area is 211 Å². The van der Waals surface area contributed by atoms with E-state index in [9.17, 15) is 29.7 Å². The van der Waals surface area contributed by atoms with E-state index in [4.69, 9.17) is 4.74 Å². The number of carbonyl (C=O) groups excluding carboxylic acids is 3. The second kappa shape index (κ2) is 9.47. The highest BCUT2D eigenvalue weighted by Gasteiger charge is 2.51. The van der Waals surface area contributed by atoms with Crippen LogP contribution in [-0.4, -0.2) is 74.9 Å². The van der Waals surface area contributed by atoms with Gasteiger partial charge in [-0.15, -0.1) is 0 Å². The Bertz CT molecular complexity index is 1260. The van der Waals surface area contributed by atoms with E-state index in [0.29, 0.717) is 24.5 Å². The molecular weight excluding hydrogens is 487 g/mol. The highest BCUT2D eigenvalue weighted by molar-refractivity contribution is 6.07. The fourth-order valence-corrected chi connectivity index (χ4v) is 4.96. The number of hydrogen-bond acceptors (Lipinski definition) is 9. The van der Waals surface area contributed by atoms with Crippen LogP contribution in [0.5, 0.6) is 0 Å². The van der Waals surface area contributed by atoms with Gasteiger partial charge < -0.3 is 25.4 Å². The molecular formula is C25H27FN4O7. The predicted octanol–water partition coefficient (Wildman–Crippen LogP) is -0.0541. The molecule has 5 N–H and O–H groups in total. The number of hydrogen-bond donors (Lipinski definition) is 5. The van der Waals surface area contributed by atoms with Gasteiger partial charge in [0.05, 0.1) is 25.3 Å². The molecule has 5 rings (SSSR count). The maximum absolute atomic E-state index is 15.4. The summed E-state index contributed by atoms with van der Waals surface area (Å²) < 4.78 is 20.6. The van der Waals surface area contributed by atoms with Gasteiger partial charge in [-0.3, -0.25) is 24.6 Å². The predicted molar refractivity (Wildman–Crippen MR) is 126 cm³/mol. The zero-order chi connectivity index (χ0) is 26.4. The number of aliphatic hydroxyl groups is 3. The molecule has 0 aromatic heterocycles. The molecule has 3 amide bonds. The zero-order valence-corrected chi connectivity index (χ0v) is 19.9. The van der Waals surface area contributed by atoms with Gasteiger partial charge in [0.1, 0.15) is 5.82 Å². The van der Waals surface area contributed by atoms with Gasteiger partial charge in [0.15, 0.2) is 0 Å². The molecule has 2 saturated heterocycles. The van der Waals surface area contributed by atoms with Crippen molar-refractivity contribution < 1.29 is 38.8 Å². The summed E-state index contributed by atoms with van der Waals surface area (Å²) >= 11 is 0. The van der Waals surface area contributed by atoms with E-state index in [0.717, 1.165) is 4.90 Å². The summed E-state index contributed by atoms with van der Waals surface area (Å²) in [5, 5.41) is 37.6. The van der Waals surface area contributed by atoms with E-state index < -0.39 is 35.2 Å². The number of ether oxygens (including phenoxy) is 1. The molecule has 3 aliphatic heterocycles. The topological polar surface area (TPSA) is 152 Å². The van der Waals surface area contributed by atoms with Crippen LogP contribution in [0, 0.1) is 5.82 Å². The Morgan fingerprint density at radius 1 is 1.11 bits per heavy atom. The van der Waals surface area contributed by atoms with E-state index in [1.165, 1.54) is 23.1 Å². The molecule has 0 bridgehead atoms. The van der Waals surface area contributed by atoms with Gasteiger partial charge in [-0.05, 0) is 18.2 Å². The van der Waals surface area contributed by atoms with Crippen molar-refractivity contribution in [2.75, 3.05) is 31.6 Å². The summed E-state index contributed by atoms with van der Waals surface area (Å²) in [6.45, 7) is 0.928. The van der Waals surface area contributed by atoms with Crippen molar-refractivity contribution >= 4 is 23.4 Å². The van der Waals surface area contributed by atoms with Crippen LogP contribution in [0.1, 0.15) is 39.9 Å². The third-order valence-corrected chi connectivity index (χ3v) is 7.09. The normalized spacial score (nSPS) is 22.7. The van der Waals surface area contributed by atoms with E-state index in [1.54, 1.807) is 18.2 Å². The molecule has 12 heteroatoms. The lowest BCUT2D eigenvalue weighted by molar-refractivity contribution is -0.288. The number of fused-ring (bicyclic) bond motifs is 1. The van der Waals surface area contributed by atoms with Crippen molar-refractivity contribution in [3.05, 3.63) is 64.5 Å². The van der Waals surface area contributed by atoms with Crippen LogP contribution in [0.15, 0.2) is 36.4 Å². The Morgan fingerprint density at radius 3 is 2.57 bits per heavy atom. The second-order valence-electron chi connectivity index (χ2n) is 9.28. The number of piperidine rings is 1. The monoisotopic (exact) mass is 514 g/mol. The molecule has 11 nitrogen and oxygen atoms in total. The van der Waals surface area contributed by atoms with Crippen LogP contribution in [0.4, 0.5) is 10.1 Å². The molecule has 2 aromatic rings. The van der Waals surface area contributed by atoms with E-state index in [2.05, 4.69) is 10.6 Å². The maximum Gasteiger partial charge on any atom is 0.279 e. The molecule has 0 saturated carbocycles. The van der Waals surface area contributed by atoms with E-state index >= 15 is 4.39 Å². The van der Waals surface area contributed by atoms with Crippen molar-refractivity contribution in [2.45, 2.75) is 37.6 Å². The van der Waals surface area contributed by atoms with Crippen LogP contribution in [-0.2, 0) is 33.3 Å². The Kier molecular flexibility index (Phi) is 6.46. The Hall–Kier alpha value is -3.42. The van der Waals surface area contributed by atoms with Gasteiger partial charge in [-0.2, -0.15) is 0 Å². The Balaban J connectivity index is 1.36. The summed E-state index contributed by atoms with van der Waals surface area (Å²) in [4.78, 5) is 39.3. The van der Waals surface area contributed by atoms with Gasteiger partial charge in [0.2, 0.25) is 11.6 Å². The average Bonchev–Trinajstić information content (AvgIpc) is 3.24. The lowest BCUT2D eigenvalue weighted by atomic mass is 10.00. The van der Waals surface area contributed by atoms with Crippen LogP contribution in [0.2, 0.25) is 0 Å². The first kappa shape index (κ1) is 25.2. The number of carbonyl (C=O) groups is 3. The van der Waals surface area contributed by atoms with E-state index in [1.807, 2.05) is 0 Å². The fourth-order valence-electron chi connectivity index (χ4n) is 4.96. The van der Waals surface area contributed by atoms with Gasteiger partial charge in [-0.1, -0.05) is 18.2 Å². The van der Waals surface area contributed by atoms with E-state index in [-0.39, 0.29) is 55.7 Å². The first-order valence-corrected chi connectivity index (χ1v) is 11.9. The van der Waals surface area contributed by atoms with Crippen LogP contribution in [0.25, 0.3) is 0 Å². The first-order chi connectivity index (χ1) is 17.6. The fraction of sp³-hybridized carbons (Fsp3) is 0.400. The molecule has 0 radical (unpaired) electrons. The maximum atomic E-state index is 15.4. The lowest BCUT2D eigenvalue weighted by Gasteiger charge is -2.37. The zero-order valence-electron chi connectivity index (χ0n) is 19.9. The standard InChI is InChI=1S/C25H27FN4O7/c26-21-15(3-1-5-18(21)25(35,36)29-9-11-37-12-10-29)13-27-19-6-2-4-16-17(19)14-30(22(16)32)24(34)8-7-20(31)28-23(24)33/h1-6,27,34-36H,7-14H2,(H,28,31,33). The van der Waals surface area contributed by atoms with Crippen molar-refractivity contribution in [1.29, 1.82) is 0 Å². The van der Waals surface area contributed by atoms with Crippen molar-refractivity contribution in [3.8, 4) is 0 Å². The molecule has 0 aliphatic carbocycles. The molecule has 3 heterocycles. The summed E-state index contributed by atoms with van der Waals surface area (Å²) in [6.07, 6.45) is -0.323. The number of benzene rings is 2. The third kappa shape index (κ3) is 4.36. The lowest BCUT2D eigenvalue weighted by Crippen LogP contribution is -2.63. The molecule has 2 aromatic carbocycles. The van der Waals surface area contributed by atoms with Gasteiger partial charge in [0.25, 0.3) is 17.7 Å². The molecule has 3 aliphatic rings. The van der Waals surface area contributed by atoms with Gasteiger partial charge in [0, 0.05) is 54.9 Å². The number of nitrogens with zero attached hydrogens (tertiary/aromatic N) is 2. The molecule has 1 unspecified atom stereocenters. The van der Waals surface area contributed by atoms with Gasteiger partial charge in [-0.25, -0.2) is 9.29 Å². The summed E-state index contributed by atoms with van der Waals surface area (Å²) in [5.74, 6) is -5.32. The highest BCUT2D eigenvalue weighted by atomic mass is 19.1. The van der Waals surface area contributed by atoms with Crippen molar-refractivity contribution in [3.63, 3.8) is 0 Å². The number of anilines is 1. The summed E-state index contributed by atoms with van der Waals surface area (Å²) in [5.41, 5.74) is -1.01. The number of rotatable bonds is 6. The highest BCUT2D eigenvalue weighted by Crippen LogP contribution is 2.36. The minimum Gasteiger partial charge on any atom is -0.381 e. The number of amides is 3. The number of imide groups is 1. The van der Waals surface area contributed by atoms with Crippen LogP contribution < -0.4 is 10.6 Å². The molecule has 196 valence electrons. The minimum absolute atomic E-state index is 0.0389. The smallest absolute Gasteiger partial charge is 0.279 e. The minimum atomic E-state index is -2.51. The SMILES string of the molecule is O=C1CCC(O)(N2Cc3c(NCc4cccc(C(O)(O)N5CCOCC5)c4F)cccc3C2=O)C(=O)N1. The Morgan fingerprint density at radius 2 is 1.84 bits per heavy atom.